The van der Waals surface area contributed by atoms with Gasteiger partial charge in [-0.25, -0.2) is 4.57 Å². The molecule has 3 N–H and O–H groups in total. The van der Waals surface area contributed by atoms with Crippen LogP contribution in [0.1, 0.15) is 20.8 Å². The molecule has 0 aromatic heterocycles. The standard InChI is InChI=1S/3C3H9N.3C2H3N.H3O4P/c3*1-4(2)3;3*1-2-3;1-5(2,3)4/h3*1-3H3;3*1H3;(H3,1,2,3,4). The van der Waals surface area contributed by atoms with Gasteiger partial charge in [-0.3, -0.25) is 0 Å². The van der Waals surface area contributed by atoms with Gasteiger partial charge in [-0.05, 0) is 63.4 Å². The van der Waals surface area contributed by atoms with E-state index in [0.717, 1.165) is 0 Å². The molecule has 0 fully saturated rings. The molecule has 0 aromatic rings. The van der Waals surface area contributed by atoms with Crippen LogP contribution in [-0.2, 0) is 4.57 Å². The van der Waals surface area contributed by atoms with Crippen molar-refractivity contribution >= 4 is 7.82 Å². The molecule has 0 atom stereocenters. The summed E-state index contributed by atoms with van der Waals surface area (Å²) < 4.78 is 8.88. The number of nitriles is 3. The zero-order valence-corrected chi connectivity index (χ0v) is 19.3. The van der Waals surface area contributed by atoms with Crippen LogP contribution in [0.3, 0.4) is 0 Å². The molecule has 0 radical (unpaired) electrons. The Balaban J connectivity index is -0.0000000327. The van der Waals surface area contributed by atoms with Crippen LogP contribution in [0.2, 0.25) is 0 Å². The molecule has 0 aromatic carbocycles. The number of phosphoric acid groups is 1. The molecule has 0 bridgehead atoms. The van der Waals surface area contributed by atoms with Gasteiger partial charge in [0, 0.05) is 20.8 Å². The SMILES string of the molecule is CC#N.CC#N.CC#N.CN(C)C.CN(C)C.CN(C)C.O=P(O)(O)O. The van der Waals surface area contributed by atoms with Crippen LogP contribution < -0.4 is 0 Å². The minimum absolute atomic E-state index is 1.43. The van der Waals surface area contributed by atoms with Gasteiger partial charge in [0.05, 0.1) is 18.2 Å². The van der Waals surface area contributed by atoms with E-state index in [2.05, 4.69) is 0 Å². The van der Waals surface area contributed by atoms with Crippen molar-refractivity contribution in [3.05, 3.63) is 0 Å². The third-order valence-electron chi connectivity index (χ3n) is 0. The Hall–Kier alpha value is -1.54. The molecule has 0 aliphatic carbocycles. The summed E-state index contributed by atoms with van der Waals surface area (Å²) in [6.45, 7) is 4.29. The predicted molar refractivity (Wildman–Crippen MR) is 107 cm³/mol. The molecule has 0 saturated heterocycles. The second-order valence-electron chi connectivity index (χ2n) is 5.21. The van der Waals surface area contributed by atoms with Crippen molar-refractivity contribution < 1.29 is 19.2 Å². The van der Waals surface area contributed by atoms with E-state index in [1.807, 2.05) is 78.1 Å². The monoisotopic (exact) mass is 398 g/mol. The zero-order chi connectivity index (χ0) is 23.4. The van der Waals surface area contributed by atoms with E-state index in [1.165, 1.54) is 20.8 Å². The summed E-state index contributed by atoms with van der Waals surface area (Å²) in [7, 11) is 13.4. The quantitative estimate of drug-likeness (QED) is 0.506. The highest BCUT2D eigenvalue weighted by molar-refractivity contribution is 7.45. The lowest BCUT2D eigenvalue weighted by molar-refractivity contribution is 0.275. The summed E-state index contributed by atoms with van der Waals surface area (Å²) in [5.74, 6) is 0. The average Bonchev–Trinajstić information content (AvgIpc) is 2.25. The maximum Gasteiger partial charge on any atom is 0.466 e. The van der Waals surface area contributed by atoms with Crippen molar-refractivity contribution in [2.24, 2.45) is 0 Å². The second kappa shape index (κ2) is 43.7. The van der Waals surface area contributed by atoms with E-state index in [-0.39, 0.29) is 0 Å². The topological polar surface area (TPSA) is 159 Å². The van der Waals surface area contributed by atoms with Crippen molar-refractivity contribution in [3.8, 4) is 18.2 Å². The smallest absolute Gasteiger partial charge is 0.312 e. The molecule has 0 rings (SSSR count). The van der Waals surface area contributed by atoms with Crippen LogP contribution in [0.5, 0.6) is 0 Å². The van der Waals surface area contributed by atoms with Crippen molar-refractivity contribution in [2.45, 2.75) is 20.8 Å². The number of rotatable bonds is 0. The van der Waals surface area contributed by atoms with Crippen molar-refractivity contribution in [3.63, 3.8) is 0 Å². The van der Waals surface area contributed by atoms with Crippen LogP contribution in [0.15, 0.2) is 0 Å². The Bertz CT molecular complexity index is 320. The lowest BCUT2D eigenvalue weighted by Crippen LogP contribution is -1.99. The minimum atomic E-state index is -4.64. The van der Waals surface area contributed by atoms with Crippen LogP contribution in [0, 0.1) is 34.0 Å². The molecule has 26 heavy (non-hydrogen) atoms. The summed E-state index contributed by atoms with van der Waals surface area (Å²) in [6.07, 6.45) is 0. The molecule has 0 heterocycles. The third-order valence-corrected chi connectivity index (χ3v) is 0. The Kier molecular flexibility index (Phi) is 74.2. The average molecular weight is 398 g/mol. The van der Waals surface area contributed by atoms with Gasteiger partial charge in [0.2, 0.25) is 0 Å². The Morgan fingerprint density at radius 3 is 0.577 bits per heavy atom. The van der Waals surface area contributed by atoms with E-state index in [9.17, 15) is 0 Å². The molecule has 0 aliphatic rings. The van der Waals surface area contributed by atoms with Crippen LogP contribution >= 0.6 is 7.82 Å². The molecule has 158 valence electrons. The lowest BCUT2D eigenvalue weighted by Gasteiger charge is -1.90. The van der Waals surface area contributed by atoms with Gasteiger partial charge >= 0.3 is 7.82 Å². The van der Waals surface area contributed by atoms with Gasteiger partial charge in [-0.2, -0.15) is 15.8 Å². The number of nitrogens with zero attached hydrogens (tertiary/aromatic N) is 6. The fourth-order valence-corrected chi connectivity index (χ4v) is 0. The molecule has 0 unspecified atom stereocenters. The normalized spacial score (nSPS) is 7.35. The van der Waals surface area contributed by atoms with E-state index < -0.39 is 7.82 Å². The summed E-state index contributed by atoms with van der Waals surface area (Å²) in [6, 6.07) is 5.25. The molecule has 0 saturated carbocycles. The van der Waals surface area contributed by atoms with Crippen molar-refractivity contribution in [1.82, 2.24) is 14.7 Å². The first-order valence-electron chi connectivity index (χ1n) is 6.98. The second-order valence-corrected chi connectivity index (χ2v) is 6.24. The Morgan fingerprint density at radius 1 is 0.577 bits per heavy atom. The number of hydrogen-bond donors (Lipinski definition) is 3. The molecule has 0 aliphatic heterocycles. The van der Waals surface area contributed by atoms with Gasteiger partial charge in [0.15, 0.2) is 0 Å². The fraction of sp³-hybridized carbons (Fsp3) is 0.800. The molecular weight excluding hydrogens is 359 g/mol. The van der Waals surface area contributed by atoms with Gasteiger partial charge in [-0.15, -0.1) is 0 Å². The molecular formula is C15H39N6O4P. The highest BCUT2D eigenvalue weighted by Crippen LogP contribution is 2.25. The highest BCUT2D eigenvalue weighted by atomic mass is 31.2. The third kappa shape index (κ3) is 4360. The fourth-order valence-electron chi connectivity index (χ4n) is 0. The van der Waals surface area contributed by atoms with Crippen LogP contribution in [-0.4, -0.2) is 92.8 Å². The summed E-state index contributed by atoms with van der Waals surface area (Å²) in [4.78, 5) is 27.6. The summed E-state index contributed by atoms with van der Waals surface area (Å²) in [5, 5.41) is 22.0. The highest BCUT2D eigenvalue weighted by Gasteiger charge is 2.00. The van der Waals surface area contributed by atoms with Crippen LogP contribution in [0.4, 0.5) is 0 Å². The van der Waals surface area contributed by atoms with Gasteiger partial charge in [0.25, 0.3) is 0 Å². The number of hydrogen-bond acceptors (Lipinski definition) is 7. The predicted octanol–water partition coefficient (Wildman–Crippen LogP) is 1.19. The lowest BCUT2D eigenvalue weighted by atomic mass is 11.0. The van der Waals surface area contributed by atoms with Crippen molar-refractivity contribution in [1.29, 1.82) is 15.8 Å². The largest absolute Gasteiger partial charge is 0.466 e. The summed E-state index contributed by atoms with van der Waals surface area (Å²) in [5.41, 5.74) is 0. The van der Waals surface area contributed by atoms with E-state index in [0.29, 0.717) is 0 Å². The molecule has 0 amide bonds. The van der Waals surface area contributed by atoms with E-state index >= 15 is 0 Å². The van der Waals surface area contributed by atoms with Gasteiger partial charge < -0.3 is 29.4 Å². The van der Waals surface area contributed by atoms with Gasteiger partial charge in [-0.1, -0.05) is 0 Å². The maximum absolute atomic E-state index is 8.88. The Labute approximate surface area is 160 Å². The Morgan fingerprint density at radius 2 is 0.577 bits per heavy atom. The molecule has 10 nitrogen and oxygen atoms in total. The minimum Gasteiger partial charge on any atom is -0.312 e. The maximum atomic E-state index is 8.88. The first kappa shape index (κ1) is 44.2. The van der Waals surface area contributed by atoms with E-state index in [1.54, 1.807) is 18.2 Å². The zero-order valence-electron chi connectivity index (χ0n) is 18.4. The van der Waals surface area contributed by atoms with Crippen LogP contribution in [0.25, 0.3) is 0 Å². The van der Waals surface area contributed by atoms with E-state index in [4.69, 9.17) is 35.0 Å². The molecule has 0 spiro atoms. The van der Waals surface area contributed by atoms with Crippen molar-refractivity contribution in [2.75, 3.05) is 63.4 Å². The van der Waals surface area contributed by atoms with Gasteiger partial charge in [0.1, 0.15) is 0 Å². The summed E-state index contributed by atoms with van der Waals surface area (Å²) >= 11 is 0. The first-order valence-corrected chi connectivity index (χ1v) is 8.54. The molecule has 11 heteroatoms. The first-order chi connectivity index (χ1) is 11.4.